The first kappa shape index (κ1) is 25.1. The lowest BCUT2D eigenvalue weighted by Gasteiger charge is -2.24. The van der Waals surface area contributed by atoms with Gasteiger partial charge in [-0.1, -0.05) is 99.0 Å². The highest BCUT2D eigenvalue weighted by Crippen LogP contribution is 2.24. The van der Waals surface area contributed by atoms with E-state index >= 15 is 0 Å². The zero-order valence-corrected chi connectivity index (χ0v) is 19.1. The molecule has 3 heteroatoms. The van der Waals surface area contributed by atoms with Crippen molar-refractivity contribution in [2.45, 2.75) is 32.6 Å². The predicted octanol–water partition coefficient (Wildman–Crippen LogP) is 8.16. The van der Waals surface area contributed by atoms with E-state index in [1.165, 1.54) is 23.3 Å². The minimum Gasteiger partial charge on any atom is -0.374 e. The van der Waals surface area contributed by atoms with E-state index < -0.39 is 6.43 Å². The lowest BCUT2D eigenvalue weighted by atomic mass is 10.0. The van der Waals surface area contributed by atoms with Crippen LogP contribution in [0.3, 0.4) is 0 Å². The van der Waals surface area contributed by atoms with Crippen LogP contribution in [0.15, 0.2) is 109 Å². The Kier molecular flexibility index (Phi) is 10.4. The van der Waals surface area contributed by atoms with E-state index in [1.54, 1.807) is 18.2 Å². The number of benzene rings is 2. The molecule has 0 N–H and O–H groups in total. The van der Waals surface area contributed by atoms with E-state index in [1.807, 2.05) is 24.3 Å². The summed E-state index contributed by atoms with van der Waals surface area (Å²) < 4.78 is 25.8. The van der Waals surface area contributed by atoms with Crippen LogP contribution in [0.5, 0.6) is 0 Å². The van der Waals surface area contributed by atoms with Gasteiger partial charge in [0.25, 0.3) is 6.43 Å². The summed E-state index contributed by atoms with van der Waals surface area (Å²) in [6, 6.07) is 16.7. The Hall–Kier alpha value is -3.20. The van der Waals surface area contributed by atoms with Crippen LogP contribution in [0, 0.1) is 0 Å². The molecule has 0 radical (unpaired) electrons. The number of allylic oxidation sites excluding steroid dienone is 6. The summed E-state index contributed by atoms with van der Waals surface area (Å²) in [7, 11) is 2.07. The van der Waals surface area contributed by atoms with Crippen molar-refractivity contribution in [1.82, 2.24) is 4.90 Å². The molecule has 0 aromatic heterocycles. The summed E-state index contributed by atoms with van der Waals surface area (Å²) in [5.41, 5.74) is 5.24. The van der Waals surface area contributed by atoms with Crippen LogP contribution in [-0.4, -0.2) is 18.5 Å². The highest BCUT2D eigenvalue weighted by Gasteiger charge is 2.10. The van der Waals surface area contributed by atoms with Gasteiger partial charge >= 0.3 is 0 Å². The molecule has 0 unspecified atom stereocenters. The molecule has 0 heterocycles. The van der Waals surface area contributed by atoms with Gasteiger partial charge in [-0.05, 0) is 47.6 Å². The van der Waals surface area contributed by atoms with Crippen LogP contribution >= 0.6 is 0 Å². The molecule has 0 atom stereocenters. The quantitative estimate of drug-likeness (QED) is 0.305. The number of hydrogen-bond acceptors (Lipinski definition) is 1. The van der Waals surface area contributed by atoms with Crippen molar-refractivity contribution in [2.75, 3.05) is 13.6 Å². The Morgan fingerprint density at radius 2 is 1.75 bits per heavy atom. The summed E-state index contributed by atoms with van der Waals surface area (Å²) >= 11 is 0. The maximum Gasteiger partial charge on any atom is 0.263 e. The van der Waals surface area contributed by atoms with Gasteiger partial charge in [0.2, 0.25) is 0 Å². The van der Waals surface area contributed by atoms with Gasteiger partial charge in [0, 0.05) is 24.9 Å². The Bertz CT molecular complexity index is 950. The van der Waals surface area contributed by atoms with Gasteiger partial charge in [-0.2, -0.15) is 0 Å². The molecule has 0 fully saturated rings. The molecule has 0 bridgehead atoms. The van der Waals surface area contributed by atoms with Gasteiger partial charge in [0.15, 0.2) is 0 Å². The van der Waals surface area contributed by atoms with Gasteiger partial charge in [0.1, 0.15) is 0 Å². The number of alkyl halides is 2. The maximum absolute atomic E-state index is 12.9. The third kappa shape index (κ3) is 8.14. The predicted molar refractivity (Wildman–Crippen MR) is 134 cm³/mol. The summed E-state index contributed by atoms with van der Waals surface area (Å²) in [5.74, 6) is 0. The second kappa shape index (κ2) is 13.3. The second-order valence-corrected chi connectivity index (χ2v) is 7.71. The second-order valence-electron chi connectivity index (χ2n) is 7.71. The number of rotatable bonds is 12. The van der Waals surface area contributed by atoms with Crippen LogP contribution in [0.2, 0.25) is 0 Å². The van der Waals surface area contributed by atoms with E-state index in [0.717, 1.165) is 42.6 Å². The van der Waals surface area contributed by atoms with Crippen LogP contribution in [0.4, 0.5) is 8.78 Å². The number of hydrogen-bond donors (Lipinski definition) is 0. The van der Waals surface area contributed by atoms with Crippen molar-refractivity contribution >= 4 is 5.57 Å². The molecule has 2 aromatic carbocycles. The zero-order valence-electron chi connectivity index (χ0n) is 19.1. The highest BCUT2D eigenvalue weighted by molar-refractivity contribution is 5.72. The van der Waals surface area contributed by atoms with Crippen molar-refractivity contribution in [2.24, 2.45) is 0 Å². The van der Waals surface area contributed by atoms with Crippen molar-refractivity contribution < 1.29 is 8.78 Å². The fraction of sp³-hybridized carbons (Fsp3) is 0.241. The van der Waals surface area contributed by atoms with Crippen molar-refractivity contribution in [1.29, 1.82) is 0 Å². The Labute approximate surface area is 191 Å². The molecule has 0 aliphatic carbocycles. The molecule has 0 spiro atoms. The Morgan fingerprint density at radius 3 is 2.34 bits per heavy atom. The fourth-order valence-electron chi connectivity index (χ4n) is 3.37. The zero-order chi connectivity index (χ0) is 23.3. The van der Waals surface area contributed by atoms with Gasteiger partial charge in [-0.25, -0.2) is 8.78 Å². The summed E-state index contributed by atoms with van der Waals surface area (Å²) in [6.45, 7) is 10.9. The van der Waals surface area contributed by atoms with E-state index in [9.17, 15) is 8.78 Å². The van der Waals surface area contributed by atoms with E-state index in [2.05, 4.69) is 62.4 Å². The van der Waals surface area contributed by atoms with E-state index in [0.29, 0.717) is 0 Å². The number of aryl methyl sites for hydroxylation is 1. The first-order valence-corrected chi connectivity index (χ1v) is 11.0. The summed E-state index contributed by atoms with van der Waals surface area (Å²) in [6.07, 6.45) is 10.4. The number of halogens is 2. The molecule has 2 rings (SSSR count). The monoisotopic (exact) mass is 433 g/mol. The van der Waals surface area contributed by atoms with Crippen LogP contribution in [0.25, 0.3) is 5.57 Å². The lowest BCUT2D eigenvalue weighted by molar-refractivity contribution is 0.151. The molecule has 0 amide bonds. The summed E-state index contributed by atoms with van der Waals surface area (Å²) in [5, 5.41) is 0. The average molecular weight is 434 g/mol. The molecular formula is C29H33F2N. The molecule has 0 saturated carbocycles. The molecule has 0 aliphatic heterocycles. The molecule has 32 heavy (non-hydrogen) atoms. The first-order valence-electron chi connectivity index (χ1n) is 11.0. The highest BCUT2D eigenvalue weighted by atomic mass is 19.3. The largest absolute Gasteiger partial charge is 0.374 e. The van der Waals surface area contributed by atoms with Crippen LogP contribution in [-0.2, 0) is 6.42 Å². The summed E-state index contributed by atoms with van der Waals surface area (Å²) in [4.78, 5) is 2.22. The minimum absolute atomic E-state index is 0.0221. The van der Waals surface area contributed by atoms with E-state index in [4.69, 9.17) is 0 Å². The lowest BCUT2D eigenvalue weighted by Crippen LogP contribution is -2.21. The molecule has 0 saturated heterocycles. The van der Waals surface area contributed by atoms with E-state index in [-0.39, 0.29) is 5.56 Å². The standard InChI is InChI=1S/C29H33F2N/c1-5-7-12-25(11-6-2)22-32(4)28(20-15-24-13-9-8-10-14-24)21-23(3)26-16-18-27(19-17-26)29(30)31/h6-14,16-19,21,29H,2-3,5,15,20,22H2,1,4H3/b12-7-,25-11+,28-21-. The van der Waals surface area contributed by atoms with Crippen molar-refractivity contribution in [3.8, 4) is 0 Å². The third-order valence-electron chi connectivity index (χ3n) is 5.20. The molecular weight excluding hydrogens is 400 g/mol. The Balaban J connectivity index is 2.27. The van der Waals surface area contributed by atoms with Crippen LogP contribution < -0.4 is 0 Å². The minimum atomic E-state index is -2.47. The molecule has 2 aromatic rings. The fourth-order valence-corrected chi connectivity index (χ4v) is 3.37. The topological polar surface area (TPSA) is 3.24 Å². The molecule has 168 valence electrons. The normalized spacial score (nSPS) is 12.4. The average Bonchev–Trinajstić information content (AvgIpc) is 2.80. The maximum atomic E-state index is 12.9. The van der Waals surface area contributed by atoms with Gasteiger partial charge in [-0.15, -0.1) is 0 Å². The molecule has 0 aliphatic rings. The Morgan fingerprint density at radius 1 is 1.06 bits per heavy atom. The SMILES string of the molecule is C=C/C=C(\C=C/CC)CN(C)/C(=C\C(=C)c1ccc(C(F)F)cc1)CCc1ccccc1. The first-order chi connectivity index (χ1) is 15.4. The van der Waals surface area contributed by atoms with Crippen LogP contribution in [0.1, 0.15) is 42.9 Å². The number of nitrogens with zero attached hydrogens (tertiary/aromatic N) is 1. The van der Waals surface area contributed by atoms with Gasteiger partial charge < -0.3 is 4.90 Å². The molecule has 1 nitrogen and oxygen atoms in total. The van der Waals surface area contributed by atoms with Gasteiger partial charge in [0.05, 0.1) is 0 Å². The third-order valence-corrected chi connectivity index (χ3v) is 5.20. The number of likely N-dealkylation sites (N-methyl/N-ethyl adjacent to an activating group) is 1. The van der Waals surface area contributed by atoms with Crippen molar-refractivity contribution in [3.05, 3.63) is 126 Å². The van der Waals surface area contributed by atoms with Crippen molar-refractivity contribution in [3.63, 3.8) is 0 Å². The van der Waals surface area contributed by atoms with Gasteiger partial charge in [-0.3, -0.25) is 0 Å². The smallest absolute Gasteiger partial charge is 0.263 e.